The zero-order valence-electron chi connectivity index (χ0n) is 10.5. The number of amides is 2. The molecule has 0 aliphatic carbocycles. The van der Waals surface area contributed by atoms with E-state index in [2.05, 4.69) is 21.5 Å². The maximum absolute atomic E-state index is 11.8. The number of carbonyl (C=O) groups is 2. The molecule has 2 rings (SSSR count). The molecule has 1 unspecified atom stereocenters. The summed E-state index contributed by atoms with van der Waals surface area (Å²) in [5, 5.41) is 5.53. The Labute approximate surface area is 115 Å². The normalized spacial score (nSPS) is 18.8. The lowest BCUT2D eigenvalue weighted by atomic mass is 10.2. The molecule has 4 N–H and O–H groups in total. The number of hydrogen-bond donors (Lipinski definition) is 4. The van der Waals surface area contributed by atoms with Crippen molar-refractivity contribution in [3.63, 3.8) is 0 Å². The topological polar surface area (TPSA) is 82.3 Å². The van der Waals surface area contributed by atoms with Crippen molar-refractivity contribution in [2.75, 3.05) is 17.6 Å². The molecule has 6 nitrogen and oxygen atoms in total. The summed E-state index contributed by atoms with van der Waals surface area (Å²) in [6.45, 7) is 2.21. The van der Waals surface area contributed by atoms with Gasteiger partial charge in [0, 0.05) is 5.69 Å². The van der Waals surface area contributed by atoms with E-state index in [1.807, 2.05) is 31.2 Å². The summed E-state index contributed by atoms with van der Waals surface area (Å²) in [7, 11) is 0. The number of hydrogen-bond acceptors (Lipinski definition) is 5. The monoisotopic (exact) mass is 280 g/mol. The molecular weight excluding hydrogens is 264 g/mol. The van der Waals surface area contributed by atoms with E-state index >= 15 is 0 Å². The summed E-state index contributed by atoms with van der Waals surface area (Å²) in [4.78, 5) is 22.9. The van der Waals surface area contributed by atoms with E-state index in [9.17, 15) is 9.59 Å². The van der Waals surface area contributed by atoms with Crippen molar-refractivity contribution in [2.24, 2.45) is 0 Å². The van der Waals surface area contributed by atoms with Gasteiger partial charge in [0.1, 0.15) is 5.50 Å². The molecule has 1 fully saturated rings. The quantitative estimate of drug-likeness (QED) is 0.632. The van der Waals surface area contributed by atoms with Crippen LogP contribution in [0.1, 0.15) is 5.56 Å². The summed E-state index contributed by atoms with van der Waals surface area (Å²) in [5.74, 6) is 0.0701. The molecule has 1 saturated heterocycles. The summed E-state index contributed by atoms with van der Waals surface area (Å²) in [6.07, 6.45) is 0. The number of anilines is 1. The van der Waals surface area contributed by atoms with Crippen LogP contribution in [-0.4, -0.2) is 29.6 Å². The second-order valence-corrected chi connectivity index (χ2v) is 5.27. The van der Waals surface area contributed by atoms with Crippen LogP contribution in [0.25, 0.3) is 0 Å². The van der Waals surface area contributed by atoms with Gasteiger partial charge in [-0.1, -0.05) is 12.1 Å². The van der Waals surface area contributed by atoms with Gasteiger partial charge < -0.3 is 10.6 Å². The number of aryl methyl sites for hydroxylation is 1. The van der Waals surface area contributed by atoms with Gasteiger partial charge in [0.25, 0.3) is 0 Å². The Morgan fingerprint density at radius 2 is 2.37 bits per heavy atom. The molecule has 0 aromatic heterocycles. The maximum Gasteiger partial charge on any atom is 0.237 e. The van der Waals surface area contributed by atoms with Crippen molar-refractivity contribution in [3.8, 4) is 0 Å². The second-order valence-electron chi connectivity index (χ2n) is 4.17. The number of rotatable bonds is 4. The molecule has 0 radical (unpaired) electrons. The van der Waals surface area contributed by atoms with Gasteiger partial charge in [-0.3, -0.25) is 9.59 Å². The van der Waals surface area contributed by atoms with Crippen LogP contribution in [0.3, 0.4) is 0 Å². The Morgan fingerprint density at radius 1 is 1.53 bits per heavy atom. The van der Waals surface area contributed by atoms with Crippen LogP contribution in [0.4, 0.5) is 5.69 Å². The molecule has 1 aliphatic rings. The van der Waals surface area contributed by atoms with Gasteiger partial charge in [0.15, 0.2) is 0 Å². The minimum absolute atomic E-state index is 0.0876. The first kappa shape index (κ1) is 13.9. The molecule has 1 heterocycles. The Balaban J connectivity index is 1.77. The second kappa shape index (κ2) is 6.55. The zero-order valence-corrected chi connectivity index (χ0v) is 11.3. The molecule has 1 atom stereocenters. The zero-order chi connectivity index (χ0) is 13.7. The predicted octanol–water partition coefficient (Wildman–Crippen LogP) is 0.174. The highest BCUT2D eigenvalue weighted by molar-refractivity contribution is 8.00. The van der Waals surface area contributed by atoms with Crippen molar-refractivity contribution < 1.29 is 9.59 Å². The van der Waals surface area contributed by atoms with E-state index < -0.39 is 0 Å². The fourth-order valence-corrected chi connectivity index (χ4v) is 2.39. The SMILES string of the molecule is Cc1cccc(NC(=O)CSC2NNCC(=O)N2)c1. The van der Waals surface area contributed by atoms with Crippen molar-refractivity contribution >= 4 is 29.3 Å². The molecule has 7 heteroatoms. The van der Waals surface area contributed by atoms with Gasteiger partial charge in [-0.05, 0) is 24.6 Å². The molecule has 19 heavy (non-hydrogen) atoms. The van der Waals surface area contributed by atoms with Crippen molar-refractivity contribution in [3.05, 3.63) is 29.8 Å². The Bertz CT molecular complexity index is 481. The third-order valence-electron chi connectivity index (χ3n) is 2.46. The number of carbonyl (C=O) groups excluding carboxylic acids is 2. The van der Waals surface area contributed by atoms with E-state index in [-0.39, 0.29) is 29.6 Å². The fraction of sp³-hybridized carbons (Fsp3) is 0.333. The highest BCUT2D eigenvalue weighted by Gasteiger charge is 2.18. The molecule has 0 bridgehead atoms. The van der Waals surface area contributed by atoms with Crippen LogP contribution in [0, 0.1) is 6.92 Å². The lowest BCUT2D eigenvalue weighted by Crippen LogP contribution is -2.58. The van der Waals surface area contributed by atoms with Crippen LogP contribution < -0.4 is 21.5 Å². The first-order chi connectivity index (χ1) is 9.13. The summed E-state index contributed by atoms with van der Waals surface area (Å²) in [6, 6.07) is 7.62. The van der Waals surface area contributed by atoms with Crippen molar-refractivity contribution in [1.82, 2.24) is 16.2 Å². The van der Waals surface area contributed by atoms with Crippen LogP contribution >= 0.6 is 11.8 Å². The maximum atomic E-state index is 11.8. The van der Waals surface area contributed by atoms with Gasteiger partial charge in [0.05, 0.1) is 12.3 Å². The third-order valence-corrected chi connectivity index (χ3v) is 3.45. The average Bonchev–Trinajstić information content (AvgIpc) is 2.36. The molecule has 1 aliphatic heterocycles. The average molecular weight is 280 g/mol. The minimum Gasteiger partial charge on any atom is -0.330 e. The minimum atomic E-state index is -0.287. The molecule has 102 valence electrons. The highest BCUT2D eigenvalue weighted by atomic mass is 32.2. The van der Waals surface area contributed by atoms with Crippen LogP contribution in [-0.2, 0) is 9.59 Å². The molecule has 0 saturated carbocycles. The Hall–Kier alpha value is -1.57. The van der Waals surface area contributed by atoms with Gasteiger partial charge in [-0.25, -0.2) is 10.9 Å². The van der Waals surface area contributed by atoms with Crippen LogP contribution in [0.2, 0.25) is 0 Å². The lowest BCUT2D eigenvalue weighted by Gasteiger charge is -2.24. The molecule has 0 spiro atoms. The lowest BCUT2D eigenvalue weighted by molar-refractivity contribution is -0.122. The van der Waals surface area contributed by atoms with E-state index in [1.54, 1.807) is 0 Å². The molecular formula is C12H16N4O2S. The number of benzene rings is 1. The molecule has 1 aromatic rings. The Kier molecular flexibility index (Phi) is 4.78. The van der Waals surface area contributed by atoms with Gasteiger partial charge in [0.2, 0.25) is 11.8 Å². The third kappa shape index (κ3) is 4.55. The van der Waals surface area contributed by atoms with Crippen molar-refractivity contribution in [1.29, 1.82) is 0 Å². The Morgan fingerprint density at radius 3 is 3.11 bits per heavy atom. The first-order valence-electron chi connectivity index (χ1n) is 5.89. The van der Waals surface area contributed by atoms with Crippen molar-refractivity contribution in [2.45, 2.75) is 12.4 Å². The van der Waals surface area contributed by atoms with Gasteiger partial charge >= 0.3 is 0 Å². The summed E-state index contributed by atoms with van der Waals surface area (Å²) < 4.78 is 0. The van der Waals surface area contributed by atoms with E-state index in [0.29, 0.717) is 0 Å². The van der Waals surface area contributed by atoms with Crippen LogP contribution in [0.5, 0.6) is 0 Å². The fourth-order valence-electron chi connectivity index (χ4n) is 1.62. The predicted molar refractivity (Wildman–Crippen MR) is 75.3 cm³/mol. The highest BCUT2D eigenvalue weighted by Crippen LogP contribution is 2.11. The number of thioether (sulfide) groups is 1. The van der Waals surface area contributed by atoms with Crippen LogP contribution in [0.15, 0.2) is 24.3 Å². The van der Waals surface area contributed by atoms with E-state index in [4.69, 9.17) is 0 Å². The van der Waals surface area contributed by atoms with Gasteiger partial charge in [-0.2, -0.15) is 0 Å². The smallest absolute Gasteiger partial charge is 0.237 e. The first-order valence-corrected chi connectivity index (χ1v) is 6.94. The van der Waals surface area contributed by atoms with Gasteiger partial charge in [-0.15, -0.1) is 11.8 Å². The molecule has 1 aromatic carbocycles. The summed E-state index contributed by atoms with van der Waals surface area (Å²) in [5.41, 5.74) is 7.22. The standard InChI is InChI=1S/C12H16N4O2S/c1-8-3-2-4-9(5-8)14-11(18)7-19-12-15-10(17)6-13-16-12/h2-5,12-13,16H,6-7H2,1H3,(H,14,18)(H,15,17). The summed E-state index contributed by atoms with van der Waals surface area (Å²) >= 11 is 1.32. The number of hydrazine groups is 1. The molecule has 2 amide bonds. The van der Waals surface area contributed by atoms with E-state index in [1.165, 1.54) is 11.8 Å². The number of nitrogens with one attached hydrogen (secondary N) is 4. The van der Waals surface area contributed by atoms with E-state index in [0.717, 1.165) is 11.3 Å². The largest absolute Gasteiger partial charge is 0.330 e.